The number of sulfone groups is 1. The Morgan fingerprint density at radius 2 is 2.00 bits per heavy atom. The molecule has 106 valence electrons. The number of nitrogens with zero attached hydrogens (tertiary/aromatic N) is 3. The van der Waals surface area contributed by atoms with E-state index in [9.17, 15) is 13.5 Å². The third-order valence-electron chi connectivity index (χ3n) is 4.65. The van der Waals surface area contributed by atoms with Gasteiger partial charge in [0.2, 0.25) is 0 Å². The molecule has 0 saturated carbocycles. The average molecular weight is 293 g/mol. The Morgan fingerprint density at radius 3 is 2.70 bits per heavy atom. The van der Waals surface area contributed by atoms with Gasteiger partial charge in [-0.2, -0.15) is 5.10 Å². The molecule has 2 saturated heterocycles. The normalized spacial score (nSPS) is 35.5. The van der Waals surface area contributed by atoms with E-state index in [0.29, 0.717) is 24.1 Å². The summed E-state index contributed by atoms with van der Waals surface area (Å²) < 4.78 is 25.9. The third-order valence-corrected chi connectivity index (χ3v) is 7.31. The van der Waals surface area contributed by atoms with Crippen LogP contribution < -0.4 is 0 Å². The van der Waals surface area contributed by atoms with E-state index >= 15 is 0 Å². The molecule has 20 heavy (non-hydrogen) atoms. The van der Waals surface area contributed by atoms with Crippen molar-refractivity contribution in [2.24, 2.45) is 0 Å². The van der Waals surface area contributed by atoms with Crippen molar-refractivity contribution in [1.82, 2.24) is 14.6 Å². The molecular formula is C13H15N3O3S. The molecule has 0 aliphatic carbocycles. The monoisotopic (exact) mass is 293 g/mol. The van der Waals surface area contributed by atoms with Gasteiger partial charge in [0, 0.05) is 18.0 Å². The second-order valence-corrected chi connectivity index (χ2v) is 8.31. The molecule has 7 heteroatoms. The number of fused-ring (bicyclic) bond motifs is 3. The van der Waals surface area contributed by atoms with Gasteiger partial charge in [-0.05, 0) is 31.7 Å². The van der Waals surface area contributed by atoms with Crippen LogP contribution in [0.3, 0.4) is 0 Å². The molecule has 0 radical (unpaired) electrons. The zero-order valence-corrected chi connectivity index (χ0v) is 11.6. The number of hydrogen-bond donors (Lipinski definition) is 1. The lowest BCUT2D eigenvalue weighted by Gasteiger charge is -2.35. The molecule has 2 bridgehead atoms. The van der Waals surface area contributed by atoms with Crippen molar-refractivity contribution in [3.63, 3.8) is 0 Å². The van der Waals surface area contributed by atoms with E-state index in [4.69, 9.17) is 0 Å². The Bertz CT molecular complexity index is 763. The maximum atomic E-state index is 12.1. The Morgan fingerprint density at radius 1 is 1.30 bits per heavy atom. The van der Waals surface area contributed by atoms with Crippen LogP contribution in [0.5, 0.6) is 0 Å². The second kappa shape index (κ2) is 3.79. The maximum absolute atomic E-state index is 12.1. The first-order chi connectivity index (χ1) is 9.51. The number of aromatic nitrogens is 3. The number of aliphatic hydroxyl groups is 1. The van der Waals surface area contributed by atoms with Crippen molar-refractivity contribution in [1.29, 1.82) is 0 Å². The Balaban J connectivity index is 1.83. The summed E-state index contributed by atoms with van der Waals surface area (Å²) in [6, 6.07) is 1.77. The van der Waals surface area contributed by atoms with E-state index in [2.05, 4.69) is 10.1 Å². The third kappa shape index (κ3) is 1.50. The minimum Gasteiger partial charge on any atom is -0.385 e. The summed E-state index contributed by atoms with van der Waals surface area (Å²) in [5, 5.41) is 14.3. The van der Waals surface area contributed by atoms with Crippen molar-refractivity contribution in [3.05, 3.63) is 30.2 Å². The van der Waals surface area contributed by atoms with Crippen LogP contribution in [0.25, 0.3) is 5.65 Å². The van der Waals surface area contributed by atoms with E-state index in [1.807, 2.05) is 0 Å². The summed E-state index contributed by atoms with van der Waals surface area (Å²) in [5.74, 6) is 0. The predicted molar refractivity (Wildman–Crippen MR) is 71.8 cm³/mol. The molecule has 0 aromatic carbocycles. The topological polar surface area (TPSA) is 84.6 Å². The van der Waals surface area contributed by atoms with Gasteiger partial charge in [-0.15, -0.1) is 0 Å². The minimum absolute atomic E-state index is 0.254. The van der Waals surface area contributed by atoms with Gasteiger partial charge in [0.15, 0.2) is 15.5 Å². The van der Waals surface area contributed by atoms with Crippen molar-refractivity contribution in [3.8, 4) is 0 Å². The molecule has 0 spiro atoms. The summed E-state index contributed by atoms with van der Waals surface area (Å²) in [4.78, 5) is 4.26. The molecule has 2 aromatic heterocycles. The van der Waals surface area contributed by atoms with Crippen molar-refractivity contribution >= 4 is 15.5 Å². The lowest BCUT2D eigenvalue weighted by atomic mass is 9.87. The molecular weight excluding hydrogens is 278 g/mol. The van der Waals surface area contributed by atoms with Crippen LogP contribution in [-0.2, 0) is 15.4 Å². The summed E-state index contributed by atoms with van der Waals surface area (Å²) in [6.45, 7) is 0. The molecule has 6 nitrogen and oxygen atoms in total. The molecule has 0 amide bonds. The zero-order chi connectivity index (χ0) is 14.0. The van der Waals surface area contributed by atoms with Crippen LogP contribution in [0.2, 0.25) is 0 Å². The van der Waals surface area contributed by atoms with Crippen LogP contribution in [0.15, 0.2) is 24.7 Å². The summed E-state index contributed by atoms with van der Waals surface area (Å²) >= 11 is 0. The highest BCUT2D eigenvalue weighted by Gasteiger charge is 2.54. The highest BCUT2D eigenvalue weighted by atomic mass is 32.2. The van der Waals surface area contributed by atoms with Crippen LogP contribution in [-0.4, -0.2) is 38.6 Å². The Labute approximate surface area is 116 Å². The van der Waals surface area contributed by atoms with E-state index in [0.717, 1.165) is 0 Å². The zero-order valence-electron chi connectivity index (χ0n) is 10.8. The molecule has 4 rings (SSSR count). The summed E-state index contributed by atoms with van der Waals surface area (Å²) in [5.41, 5.74) is 0.117. The average Bonchev–Trinajstić information content (AvgIpc) is 2.88. The first kappa shape index (κ1) is 12.3. The van der Waals surface area contributed by atoms with Gasteiger partial charge in [-0.3, -0.25) is 0 Å². The van der Waals surface area contributed by atoms with Crippen LogP contribution in [0.4, 0.5) is 0 Å². The van der Waals surface area contributed by atoms with Crippen molar-refractivity contribution < 1.29 is 13.5 Å². The van der Waals surface area contributed by atoms with Gasteiger partial charge in [0.25, 0.3) is 0 Å². The number of rotatable bonds is 1. The highest BCUT2D eigenvalue weighted by Crippen LogP contribution is 2.48. The van der Waals surface area contributed by atoms with Gasteiger partial charge >= 0.3 is 0 Å². The SMILES string of the molecule is O=S1(=O)C2CCC1CC(O)(c1cnn3cccnc13)C2. The van der Waals surface area contributed by atoms with E-state index < -0.39 is 25.9 Å². The minimum atomic E-state index is -3.05. The maximum Gasteiger partial charge on any atom is 0.160 e. The molecule has 4 heterocycles. The van der Waals surface area contributed by atoms with Gasteiger partial charge < -0.3 is 5.11 Å². The van der Waals surface area contributed by atoms with Crippen LogP contribution >= 0.6 is 0 Å². The Hall–Kier alpha value is -1.47. The fourth-order valence-electron chi connectivity index (χ4n) is 3.62. The summed E-state index contributed by atoms with van der Waals surface area (Å²) in [7, 11) is -3.05. The lowest BCUT2D eigenvalue weighted by molar-refractivity contribution is 0.0185. The van der Waals surface area contributed by atoms with Crippen molar-refractivity contribution in [2.45, 2.75) is 41.8 Å². The summed E-state index contributed by atoms with van der Waals surface area (Å²) in [6.07, 6.45) is 6.85. The fraction of sp³-hybridized carbons (Fsp3) is 0.538. The lowest BCUT2D eigenvalue weighted by Crippen LogP contribution is -2.43. The molecule has 2 unspecified atom stereocenters. The fourth-order valence-corrected chi connectivity index (χ4v) is 6.11. The van der Waals surface area contributed by atoms with E-state index in [1.165, 1.54) is 0 Å². The molecule has 2 atom stereocenters. The molecule has 2 aliphatic rings. The second-order valence-electron chi connectivity index (χ2n) is 5.80. The first-order valence-electron chi connectivity index (χ1n) is 6.75. The van der Waals surface area contributed by atoms with E-state index in [1.54, 1.807) is 29.2 Å². The quantitative estimate of drug-likeness (QED) is 0.835. The van der Waals surface area contributed by atoms with Gasteiger partial charge in [0.1, 0.15) is 0 Å². The Kier molecular flexibility index (Phi) is 2.33. The van der Waals surface area contributed by atoms with E-state index in [-0.39, 0.29) is 12.8 Å². The standard InChI is InChI=1S/C13H15N3O3S/c17-13(6-9-2-3-10(7-13)20(9,18)19)11-8-15-16-5-1-4-14-12(11)16/h1,4-5,8-10,17H,2-3,6-7H2. The largest absolute Gasteiger partial charge is 0.385 e. The molecule has 1 N–H and O–H groups in total. The van der Waals surface area contributed by atoms with Gasteiger partial charge in [-0.25, -0.2) is 17.9 Å². The van der Waals surface area contributed by atoms with Crippen LogP contribution in [0.1, 0.15) is 31.2 Å². The predicted octanol–water partition coefficient (Wildman–Crippen LogP) is 0.656. The van der Waals surface area contributed by atoms with Gasteiger partial charge in [0.05, 0.1) is 22.3 Å². The first-order valence-corrected chi connectivity index (χ1v) is 8.36. The van der Waals surface area contributed by atoms with Gasteiger partial charge in [-0.1, -0.05) is 0 Å². The van der Waals surface area contributed by atoms with Crippen molar-refractivity contribution in [2.75, 3.05) is 0 Å². The number of hydrogen-bond acceptors (Lipinski definition) is 5. The smallest absolute Gasteiger partial charge is 0.160 e. The van der Waals surface area contributed by atoms with Crippen LogP contribution in [0, 0.1) is 0 Å². The molecule has 2 aromatic rings. The highest BCUT2D eigenvalue weighted by molar-refractivity contribution is 7.93. The molecule has 2 aliphatic heterocycles. The molecule has 2 fully saturated rings.